The number of hydrogen-bond acceptors (Lipinski definition) is 2. The molecule has 0 spiro atoms. The quantitative estimate of drug-likeness (QED) is 0.723. The fourth-order valence-corrected chi connectivity index (χ4v) is 3.07. The van der Waals surface area contributed by atoms with Gasteiger partial charge in [-0.1, -0.05) is 25.1 Å². The topological polar surface area (TPSA) is 6.48 Å². The minimum atomic E-state index is 0.761. The highest BCUT2D eigenvalue weighted by atomic mass is 15.3. The Morgan fingerprint density at radius 3 is 2.53 bits per heavy atom. The molecule has 0 amide bonds. The molecular weight excluding hydrogens is 184 g/mol. The van der Waals surface area contributed by atoms with E-state index in [1.807, 2.05) is 0 Å². The Morgan fingerprint density at radius 1 is 1.13 bits per heavy atom. The molecule has 0 radical (unpaired) electrons. The lowest BCUT2D eigenvalue weighted by Gasteiger charge is -2.35. The molecule has 0 N–H and O–H groups in total. The summed E-state index contributed by atoms with van der Waals surface area (Å²) in [4.78, 5) is 5.20. The first-order chi connectivity index (χ1) is 7.38. The van der Waals surface area contributed by atoms with Crippen molar-refractivity contribution in [2.45, 2.75) is 25.4 Å². The first-order valence-corrected chi connectivity index (χ1v) is 5.94. The molecule has 1 aromatic carbocycles. The molecule has 0 aliphatic carbocycles. The molecule has 15 heavy (non-hydrogen) atoms. The normalized spacial score (nSPS) is 30.1. The van der Waals surface area contributed by atoms with Crippen LogP contribution in [0.5, 0.6) is 0 Å². The number of rotatable bonds is 2. The monoisotopic (exact) mass is 202 g/mol. The average Bonchev–Trinajstić information content (AvgIpc) is 2.89. The molecule has 2 aliphatic rings. The van der Waals surface area contributed by atoms with Crippen LogP contribution < -0.4 is 4.90 Å². The van der Waals surface area contributed by atoms with Crippen molar-refractivity contribution in [3.8, 4) is 0 Å². The van der Waals surface area contributed by atoms with Crippen molar-refractivity contribution in [1.82, 2.24) is 4.90 Å². The van der Waals surface area contributed by atoms with Crippen molar-refractivity contribution in [2.24, 2.45) is 0 Å². The van der Waals surface area contributed by atoms with E-state index in [2.05, 4.69) is 47.1 Å². The van der Waals surface area contributed by atoms with Crippen LogP contribution in [0.25, 0.3) is 0 Å². The zero-order valence-corrected chi connectivity index (χ0v) is 9.26. The summed E-state index contributed by atoms with van der Waals surface area (Å²) < 4.78 is 0. The summed E-state index contributed by atoms with van der Waals surface area (Å²) in [5.41, 5.74) is 1.40. The number of fused-ring (bicyclic) bond motifs is 2. The minimum Gasteiger partial charge on any atom is -0.366 e. The number of piperazine rings is 1. The van der Waals surface area contributed by atoms with E-state index in [1.165, 1.54) is 31.7 Å². The average molecular weight is 202 g/mol. The summed E-state index contributed by atoms with van der Waals surface area (Å²) >= 11 is 0. The molecule has 2 bridgehead atoms. The summed E-state index contributed by atoms with van der Waals surface area (Å²) in [5, 5.41) is 0. The summed E-state index contributed by atoms with van der Waals surface area (Å²) in [7, 11) is 0. The van der Waals surface area contributed by atoms with E-state index in [0.29, 0.717) is 0 Å². The number of nitrogens with zero attached hydrogens (tertiary/aromatic N) is 2. The van der Waals surface area contributed by atoms with Gasteiger partial charge in [0.05, 0.1) is 0 Å². The molecule has 3 rings (SSSR count). The Balaban J connectivity index is 1.78. The van der Waals surface area contributed by atoms with Crippen LogP contribution in [-0.2, 0) is 0 Å². The molecule has 2 nitrogen and oxygen atoms in total. The number of likely N-dealkylation sites (N-methyl/N-ethyl adjacent to an activating group) is 1. The van der Waals surface area contributed by atoms with Gasteiger partial charge in [0.2, 0.25) is 0 Å². The zero-order chi connectivity index (χ0) is 10.3. The minimum absolute atomic E-state index is 0.761. The maximum Gasteiger partial charge on any atom is 0.0433 e. The molecule has 2 saturated heterocycles. The Kier molecular flexibility index (Phi) is 2.17. The van der Waals surface area contributed by atoms with Crippen molar-refractivity contribution < 1.29 is 0 Å². The second-order valence-corrected chi connectivity index (χ2v) is 4.62. The van der Waals surface area contributed by atoms with E-state index in [4.69, 9.17) is 0 Å². The smallest absolute Gasteiger partial charge is 0.0433 e. The Bertz CT molecular complexity index is 336. The van der Waals surface area contributed by atoms with Crippen molar-refractivity contribution in [2.75, 3.05) is 24.5 Å². The van der Waals surface area contributed by atoms with Crippen LogP contribution in [0, 0.1) is 0 Å². The van der Waals surface area contributed by atoms with Crippen molar-refractivity contribution in [3.05, 3.63) is 30.3 Å². The summed E-state index contributed by atoms with van der Waals surface area (Å²) in [5.74, 6) is 0. The van der Waals surface area contributed by atoms with E-state index in [0.717, 1.165) is 12.1 Å². The molecule has 0 unspecified atom stereocenters. The Labute approximate surface area is 91.5 Å². The SMILES string of the molecule is CCN1C[C@@H]2C[C@H]1CN2c1ccccc1. The van der Waals surface area contributed by atoms with Gasteiger partial charge in [-0.3, -0.25) is 4.90 Å². The van der Waals surface area contributed by atoms with Crippen molar-refractivity contribution in [3.63, 3.8) is 0 Å². The van der Waals surface area contributed by atoms with Crippen LogP contribution in [0.15, 0.2) is 30.3 Å². The van der Waals surface area contributed by atoms with Crippen LogP contribution in [0.3, 0.4) is 0 Å². The third-order valence-corrected chi connectivity index (χ3v) is 3.85. The van der Waals surface area contributed by atoms with Crippen LogP contribution in [0.4, 0.5) is 5.69 Å². The van der Waals surface area contributed by atoms with Gasteiger partial charge in [0.25, 0.3) is 0 Å². The van der Waals surface area contributed by atoms with Gasteiger partial charge in [-0.15, -0.1) is 0 Å². The molecule has 80 valence electrons. The Morgan fingerprint density at radius 2 is 1.93 bits per heavy atom. The molecule has 2 heteroatoms. The van der Waals surface area contributed by atoms with E-state index in [9.17, 15) is 0 Å². The molecule has 2 heterocycles. The standard InChI is InChI=1S/C13H18N2/c1-2-14-9-13-8-12(14)10-15(13)11-6-4-3-5-7-11/h3-7,12-13H,2,8-10H2,1H3/t12-,13-/m0/s1. The zero-order valence-electron chi connectivity index (χ0n) is 9.26. The van der Waals surface area contributed by atoms with Crippen LogP contribution in [0.1, 0.15) is 13.3 Å². The predicted octanol–water partition coefficient (Wildman–Crippen LogP) is 1.97. The van der Waals surface area contributed by atoms with Crippen LogP contribution in [0.2, 0.25) is 0 Å². The Hall–Kier alpha value is -1.02. The van der Waals surface area contributed by atoms with Gasteiger partial charge < -0.3 is 4.90 Å². The number of hydrogen-bond donors (Lipinski definition) is 0. The number of para-hydroxylation sites is 1. The fraction of sp³-hybridized carbons (Fsp3) is 0.538. The van der Waals surface area contributed by atoms with Crippen LogP contribution in [-0.4, -0.2) is 36.6 Å². The first kappa shape index (κ1) is 9.22. The van der Waals surface area contributed by atoms with E-state index in [-0.39, 0.29) is 0 Å². The maximum absolute atomic E-state index is 2.62. The molecule has 2 atom stereocenters. The predicted molar refractivity (Wildman–Crippen MR) is 63.2 cm³/mol. The third kappa shape index (κ3) is 1.44. The molecule has 2 aliphatic heterocycles. The lowest BCUT2D eigenvalue weighted by molar-refractivity contribution is 0.251. The van der Waals surface area contributed by atoms with Gasteiger partial charge in [-0.2, -0.15) is 0 Å². The van der Waals surface area contributed by atoms with Gasteiger partial charge in [0.15, 0.2) is 0 Å². The van der Waals surface area contributed by atoms with Gasteiger partial charge in [0, 0.05) is 30.9 Å². The van der Waals surface area contributed by atoms with E-state index in [1.54, 1.807) is 0 Å². The molecule has 2 fully saturated rings. The molecule has 0 aromatic heterocycles. The highest BCUT2D eigenvalue weighted by Crippen LogP contribution is 2.33. The van der Waals surface area contributed by atoms with Gasteiger partial charge in [-0.05, 0) is 25.1 Å². The van der Waals surface area contributed by atoms with Gasteiger partial charge in [-0.25, -0.2) is 0 Å². The van der Waals surface area contributed by atoms with Crippen molar-refractivity contribution >= 4 is 5.69 Å². The second-order valence-electron chi connectivity index (χ2n) is 4.62. The second kappa shape index (κ2) is 3.53. The summed E-state index contributed by atoms with van der Waals surface area (Å²) in [6, 6.07) is 12.4. The largest absolute Gasteiger partial charge is 0.366 e. The highest BCUT2D eigenvalue weighted by Gasteiger charge is 2.42. The van der Waals surface area contributed by atoms with Crippen molar-refractivity contribution in [1.29, 1.82) is 0 Å². The van der Waals surface area contributed by atoms with Crippen LogP contribution >= 0.6 is 0 Å². The molecule has 1 aromatic rings. The van der Waals surface area contributed by atoms with Gasteiger partial charge >= 0.3 is 0 Å². The number of anilines is 1. The lowest BCUT2D eigenvalue weighted by Crippen LogP contribution is -2.46. The maximum atomic E-state index is 2.62. The van der Waals surface area contributed by atoms with E-state index < -0.39 is 0 Å². The lowest BCUT2D eigenvalue weighted by atomic mass is 10.2. The summed E-state index contributed by atoms with van der Waals surface area (Å²) in [6.45, 7) is 5.97. The number of likely N-dealkylation sites (tertiary alicyclic amines) is 1. The highest BCUT2D eigenvalue weighted by molar-refractivity contribution is 5.49. The summed E-state index contributed by atoms with van der Waals surface area (Å²) in [6.07, 6.45) is 1.36. The molecule has 0 saturated carbocycles. The third-order valence-electron chi connectivity index (χ3n) is 3.85. The van der Waals surface area contributed by atoms with Gasteiger partial charge in [0.1, 0.15) is 0 Å². The van der Waals surface area contributed by atoms with E-state index >= 15 is 0 Å². The first-order valence-electron chi connectivity index (χ1n) is 5.94. The molecular formula is C13H18N2. The fourth-order valence-electron chi connectivity index (χ4n) is 3.07. The number of benzene rings is 1.